The van der Waals surface area contributed by atoms with E-state index in [9.17, 15) is 4.79 Å². The summed E-state index contributed by atoms with van der Waals surface area (Å²) < 4.78 is 5.61. The maximum Gasteiger partial charge on any atom is 0.272 e. The minimum absolute atomic E-state index is 0.0671. The zero-order valence-corrected chi connectivity index (χ0v) is 13.5. The molecular weight excluding hydrogens is 278 g/mol. The zero-order valence-electron chi connectivity index (χ0n) is 13.5. The monoisotopic (exact) mass is 303 g/mol. The summed E-state index contributed by atoms with van der Waals surface area (Å²) in [6, 6.07) is 6.21. The van der Waals surface area contributed by atoms with Crippen molar-refractivity contribution >= 4 is 5.91 Å². The lowest BCUT2D eigenvalue weighted by Gasteiger charge is -2.41. The van der Waals surface area contributed by atoms with Gasteiger partial charge in [-0.25, -0.2) is 4.98 Å². The number of aromatic nitrogens is 1. The van der Waals surface area contributed by atoms with Crippen molar-refractivity contribution in [3.05, 3.63) is 29.6 Å². The van der Waals surface area contributed by atoms with Crippen LogP contribution in [0.3, 0.4) is 0 Å². The normalized spacial score (nSPS) is 24.5. The molecule has 2 aliphatic rings. The SMILES string of the molecule is Cc1cccc(C(=O)N2CCC(N3CCO[C@@H](C)C3)CC2)n1. The van der Waals surface area contributed by atoms with E-state index in [1.54, 1.807) is 0 Å². The van der Waals surface area contributed by atoms with E-state index < -0.39 is 0 Å². The van der Waals surface area contributed by atoms with E-state index in [0.29, 0.717) is 17.8 Å². The number of carbonyl (C=O) groups is 1. The standard InChI is InChI=1S/C17H25N3O2/c1-13-4-3-5-16(18-13)17(21)19-8-6-15(7-9-19)20-10-11-22-14(2)12-20/h3-5,14-15H,6-12H2,1-2H3/t14-/m0/s1. The molecule has 0 saturated carbocycles. The van der Waals surface area contributed by atoms with E-state index in [-0.39, 0.29) is 5.91 Å². The molecule has 22 heavy (non-hydrogen) atoms. The van der Waals surface area contributed by atoms with Gasteiger partial charge in [-0.05, 0) is 38.8 Å². The third kappa shape index (κ3) is 3.47. The number of hydrogen-bond donors (Lipinski definition) is 0. The molecule has 5 nitrogen and oxygen atoms in total. The Hall–Kier alpha value is -1.46. The number of likely N-dealkylation sites (tertiary alicyclic amines) is 1. The van der Waals surface area contributed by atoms with Gasteiger partial charge in [-0.2, -0.15) is 0 Å². The van der Waals surface area contributed by atoms with E-state index in [2.05, 4.69) is 16.8 Å². The second-order valence-electron chi connectivity index (χ2n) is 6.36. The van der Waals surface area contributed by atoms with Gasteiger partial charge in [0.15, 0.2) is 0 Å². The average Bonchev–Trinajstić information content (AvgIpc) is 2.54. The van der Waals surface area contributed by atoms with Gasteiger partial charge in [0.05, 0.1) is 12.7 Å². The van der Waals surface area contributed by atoms with Crippen LogP contribution in [-0.4, -0.2) is 65.6 Å². The number of amides is 1. The molecule has 0 bridgehead atoms. The Morgan fingerprint density at radius 1 is 1.27 bits per heavy atom. The summed E-state index contributed by atoms with van der Waals surface area (Å²) in [5.74, 6) is 0.0671. The molecule has 5 heteroatoms. The quantitative estimate of drug-likeness (QED) is 0.834. The smallest absolute Gasteiger partial charge is 0.272 e. The Bertz CT molecular complexity index is 526. The second-order valence-corrected chi connectivity index (χ2v) is 6.36. The number of morpholine rings is 1. The van der Waals surface area contributed by atoms with Crippen molar-refractivity contribution < 1.29 is 9.53 Å². The molecule has 1 aromatic rings. The van der Waals surface area contributed by atoms with E-state index in [1.807, 2.05) is 30.0 Å². The molecule has 1 amide bonds. The lowest BCUT2D eigenvalue weighted by Crippen LogP contribution is -2.51. The molecule has 0 aromatic carbocycles. The summed E-state index contributed by atoms with van der Waals surface area (Å²) in [6.45, 7) is 8.56. The van der Waals surface area contributed by atoms with Crippen LogP contribution in [0.2, 0.25) is 0 Å². The summed E-state index contributed by atoms with van der Waals surface area (Å²) in [6.07, 6.45) is 2.42. The number of carbonyl (C=O) groups excluding carboxylic acids is 1. The van der Waals surface area contributed by atoms with Gasteiger partial charge >= 0.3 is 0 Å². The fourth-order valence-corrected chi connectivity index (χ4v) is 3.44. The summed E-state index contributed by atoms with van der Waals surface area (Å²) in [5.41, 5.74) is 1.46. The summed E-state index contributed by atoms with van der Waals surface area (Å²) in [4.78, 5) is 21.3. The Kier molecular flexibility index (Phi) is 4.74. The Labute approximate surface area is 132 Å². The molecule has 1 aromatic heterocycles. The van der Waals surface area contributed by atoms with E-state index >= 15 is 0 Å². The molecular formula is C17H25N3O2. The highest BCUT2D eigenvalue weighted by molar-refractivity contribution is 5.92. The molecule has 2 fully saturated rings. The van der Waals surface area contributed by atoms with Gasteiger partial charge in [0, 0.05) is 37.9 Å². The van der Waals surface area contributed by atoms with Crippen LogP contribution in [0.5, 0.6) is 0 Å². The number of piperidine rings is 1. The van der Waals surface area contributed by atoms with E-state index in [1.165, 1.54) is 0 Å². The van der Waals surface area contributed by atoms with Crippen LogP contribution in [0.15, 0.2) is 18.2 Å². The van der Waals surface area contributed by atoms with E-state index in [0.717, 1.165) is 51.3 Å². The molecule has 3 rings (SSSR count). The minimum atomic E-state index is 0.0671. The summed E-state index contributed by atoms with van der Waals surface area (Å²) in [7, 11) is 0. The first-order chi connectivity index (χ1) is 10.6. The molecule has 120 valence electrons. The molecule has 0 unspecified atom stereocenters. The van der Waals surface area contributed by atoms with Crippen molar-refractivity contribution in [1.82, 2.24) is 14.8 Å². The van der Waals surface area contributed by atoms with Crippen LogP contribution in [-0.2, 0) is 4.74 Å². The number of pyridine rings is 1. The first kappa shape index (κ1) is 15.4. The highest BCUT2D eigenvalue weighted by Crippen LogP contribution is 2.20. The first-order valence-corrected chi connectivity index (χ1v) is 8.22. The van der Waals surface area contributed by atoms with Crippen molar-refractivity contribution in [2.45, 2.75) is 38.8 Å². The number of ether oxygens (including phenoxy) is 1. The van der Waals surface area contributed by atoms with Crippen molar-refractivity contribution in [2.24, 2.45) is 0 Å². The molecule has 0 aliphatic carbocycles. The number of nitrogens with zero attached hydrogens (tertiary/aromatic N) is 3. The van der Waals surface area contributed by atoms with E-state index in [4.69, 9.17) is 4.74 Å². The maximum absolute atomic E-state index is 12.5. The number of aryl methyl sites for hydroxylation is 1. The lowest BCUT2D eigenvalue weighted by molar-refractivity contribution is -0.0424. The molecule has 3 heterocycles. The topological polar surface area (TPSA) is 45.7 Å². The van der Waals surface area contributed by atoms with Crippen molar-refractivity contribution in [1.29, 1.82) is 0 Å². The van der Waals surface area contributed by atoms with Gasteiger partial charge in [0.25, 0.3) is 5.91 Å². The van der Waals surface area contributed by atoms with Gasteiger partial charge in [-0.3, -0.25) is 9.69 Å². The molecule has 0 N–H and O–H groups in total. The molecule has 0 spiro atoms. The molecule has 2 aliphatic heterocycles. The molecule has 0 radical (unpaired) electrons. The zero-order chi connectivity index (χ0) is 15.5. The van der Waals surface area contributed by atoms with Crippen LogP contribution >= 0.6 is 0 Å². The maximum atomic E-state index is 12.5. The van der Waals surface area contributed by atoms with Gasteiger partial charge in [0.1, 0.15) is 5.69 Å². The predicted octanol–water partition coefficient (Wildman–Crippen LogP) is 1.72. The van der Waals surface area contributed by atoms with Gasteiger partial charge in [-0.1, -0.05) is 6.07 Å². The second kappa shape index (κ2) is 6.75. The van der Waals surface area contributed by atoms with Gasteiger partial charge < -0.3 is 9.64 Å². The fraction of sp³-hybridized carbons (Fsp3) is 0.647. The Balaban J connectivity index is 1.56. The third-order valence-electron chi connectivity index (χ3n) is 4.65. The lowest BCUT2D eigenvalue weighted by atomic mass is 10.0. The van der Waals surface area contributed by atoms with Crippen LogP contribution in [0, 0.1) is 6.92 Å². The number of rotatable bonds is 2. The van der Waals surface area contributed by atoms with Gasteiger partial charge in [0.2, 0.25) is 0 Å². The van der Waals surface area contributed by atoms with Crippen LogP contribution < -0.4 is 0 Å². The Morgan fingerprint density at radius 2 is 2.05 bits per heavy atom. The summed E-state index contributed by atoms with van der Waals surface area (Å²) >= 11 is 0. The fourth-order valence-electron chi connectivity index (χ4n) is 3.44. The van der Waals surface area contributed by atoms with Crippen molar-refractivity contribution in [3.63, 3.8) is 0 Å². The largest absolute Gasteiger partial charge is 0.376 e. The molecule has 2 saturated heterocycles. The highest BCUT2D eigenvalue weighted by Gasteiger charge is 2.30. The van der Waals surface area contributed by atoms with Crippen molar-refractivity contribution in [3.8, 4) is 0 Å². The van der Waals surface area contributed by atoms with Crippen molar-refractivity contribution in [2.75, 3.05) is 32.8 Å². The van der Waals surface area contributed by atoms with Crippen LogP contribution in [0.25, 0.3) is 0 Å². The van der Waals surface area contributed by atoms with Gasteiger partial charge in [-0.15, -0.1) is 0 Å². The van der Waals surface area contributed by atoms with Crippen LogP contribution in [0.1, 0.15) is 35.9 Å². The third-order valence-corrected chi connectivity index (χ3v) is 4.65. The van der Waals surface area contributed by atoms with Crippen LogP contribution in [0.4, 0.5) is 0 Å². The Morgan fingerprint density at radius 3 is 2.73 bits per heavy atom. The number of hydrogen-bond acceptors (Lipinski definition) is 4. The first-order valence-electron chi connectivity index (χ1n) is 8.22. The predicted molar refractivity (Wildman–Crippen MR) is 84.9 cm³/mol. The highest BCUT2D eigenvalue weighted by atomic mass is 16.5. The minimum Gasteiger partial charge on any atom is -0.376 e. The summed E-state index contributed by atoms with van der Waals surface area (Å²) in [5, 5.41) is 0. The molecule has 1 atom stereocenters. The average molecular weight is 303 g/mol.